The Morgan fingerprint density at radius 1 is 1.43 bits per heavy atom. The Hall–Kier alpha value is -1.31. The molecule has 2 heteroatoms. The molecule has 0 spiro atoms. The van der Waals surface area contributed by atoms with Gasteiger partial charge in [-0.1, -0.05) is 31.2 Å². The van der Waals surface area contributed by atoms with E-state index in [1.807, 2.05) is 19.1 Å². The second-order valence-electron chi connectivity index (χ2n) is 3.54. The van der Waals surface area contributed by atoms with Crippen molar-refractivity contribution in [2.75, 3.05) is 7.11 Å². The summed E-state index contributed by atoms with van der Waals surface area (Å²) in [6.07, 6.45) is 0.446. The summed E-state index contributed by atoms with van der Waals surface area (Å²) in [5.74, 6) is 0.0735. The van der Waals surface area contributed by atoms with Crippen LogP contribution in [0.25, 0.3) is 0 Å². The zero-order valence-corrected chi connectivity index (χ0v) is 8.91. The Morgan fingerprint density at radius 3 is 2.64 bits per heavy atom. The number of esters is 1. The molecule has 1 atom stereocenters. The number of hydrogen-bond acceptors (Lipinski definition) is 2. The second-order valence-corrected chi connectivity index (χ2v) is 3.54. The van der Waals surface area contributed by atoms with E-state index in [-0.39, 0.29) is 11.9 Å². The fourth-order valence-electron chi connectivity index (χ4n) is 1.58. The minimum Gasteiger partial charge on any atom is -0.469 e. The second kappa shape index (κ2) is 4.80. The molecule has 1 aromatic carbocycles. The highest BCUT2D eigenvalue weighted by molar-refractivity contribution is 5.70. The van der Waals surface area contributed by atoms with E-state index in [0.717, 1.165) is 0 Å². The van der Waals surface area contributed by atoms with Crippen molar-refractivity contribution in [3.05, 3.63) is 35.4 Å². The lowest BCUT2D eigenvalue weighted by Crippen LogP contribution is -2.06. The van der Waals surface area contributed by atoms with Crippen molar-refractivity contribution < 1.29 is 9.53 Å². The maximum atomic E-state index is 11.1. The van der Waals surface area contributed by atoms with E-state index in [4.69, 9.17) is 0 Å². The first kappa shape index (κ1) is 10.8. The number of carbonyl (C=O) groups is 1. The average molecular weight is 192 g/mol. The van der Waals surface area contributed by atoms with Crippen LogP contribution in [0.5, 0.6) is 0 Å². The third-order valence-corrected chi connectivity index (χ3v) is 2.42. The molecule has 0 aliphatic carbocycles. The van der Waals surface area contributed by atoms with Crippen LogP contribution in [0.4, 0.5) is 0 Å². The van der Waals surface area contributed by atoms with Crippen LogP contribution >= 0.6 is 0 Å². The van der Waals surface area contributed by atoms with Gasteiger partial charge in [0.05, 0.1) is 13.5 Å². The molecule has 0 aliphatic heterocycles. The maximum Gasteiger partial charge on any atom is 0.306 e. The molecular formula is C12H16O2. The van der Waals surface area contributed by atoms with Crippen LogP contribution in [0.2, 0.25) is 0 Å². The lowest BCUT2D eigenvalue weighted by atomic mass is 9.94. The van der Waals surface area contributed by atoms with Gasteiger partial charge >= 0.3 is 5.97 Å². The van der Waals surface area contributed by atoms with Crippen LogP contribution in [0.1, 0.15) is 30.4 Å². The van der Waals surface area contributed by atoms with E-state index in [1.54, 1.807) is 0 Å². The lowest BCUT2D eigenvalue weighted by molar-refractivity contribution is -0.140. The van der Waals surface area contributed by atoms with Gasteiger partial charge in [-0.25, -0.2) is 0 Å². The molecule has 0 N–H and O–H groups in total. The molecule has 1 aromatic rings. The smallest absolute Gasteiger partial charge is 0.306 e. The van der Waals surface area contributed by atoms with Gasteiger partial charge in [0.1, 0.15) is 0 Å². The van der Waals surface area contributed by atoms with Crippen LogP contribution in [0, 0.1) is 6.92 Å². The first-order chi connectivity index (χ1) is 6.65. The fraction of sp³-hybridized carbons (Fsp3) is 0.417. The molecule has 0 bridgehead atoms. The number of carbonyl (C=O) groups excluding carboxylic acids is 1. The molecule has 2 nitrogen and oxygen atoms in total. The molecule has 14 heavy (non-hydrogen) atoms. The summed E-state index contributed by atoms with van der Waals surface area (Å²) in [5, 5.41) is 0. The summed E-state index contributed by atoms with van der Waals surface area (Å²) in [6, 6.07) is 8.12. The Kier molecular flexibility index (Phi) is 3.69. The van der Waals surface area contributed by atoms with Gasteiger partial charge in [-0.3, -0.25) is 4.79 Å². The van der Waals surface area contributed by atoms with Crippen molar-refractivity contribution in [3.8, 4) is 0 Å². The minimum absolute atomic E-state index is 0.152. The molecule has 0 heterocycles. The predicted octanol–water partition coefficient (Wildman–Crippen LogP) is 2.66. The van der Waals surface area contributed by atoms with E-state index in [9.17, 15) is 4.79 Å². The van der Waals surface area contributed by atoms with Gasteiger partial charge in [0.15, 0.2) is 0 Å². The van der Waals surface area contributed by atoms with Crippen molar-refractivity contribution in [1.82, 2.24) is 0 Å². The van der Waals surface area contributed by atoms with Gasteiger partial charge < -0.3 is 4.74 Å². The third-order valence-electron chi connectivity index (χ3n) is 2.42. The number of aryl methyl sites for hydroxylation is 1. The van der Waals surface area contributed by atoms with E-state index < -0.39 is 0 Å². The Labute approximate surface area is 84.9 Å². The normalized spacial score (nSPS) is 12.2. The Balaban J connectivity index is 2.74. The summed E-state index contributed by atoms with van der Waals surface area (Å²) < 4.78 is 4.64. The minimum atomic E-state index is -0.152. The van der Waals surface area contributed by atoms with Crippen molar-refractivity contribution in [1.29, 1.82) is 0 Å². The summed E-state index contributed by atoms with van der Waals surface area (Å²) in [5.41, 5.74) is 2.45. The van der Waals surface area contributed by atoms with Crippen LogP contribution in [-0.2, 0) is 9.53 Å². The molecule has 0 aromatic heterocycles. The quantitative estimate of drug-likeness (QED) is 0.688. The van der Waals surface area contributed by atoms with E-state index in [2.05, 4.69) is 23.8 Å². The monoisotopic (exact) mass is 192 g/mol. The van der Waals surface area contributed by atoms with Crippen LogP contribution in [0.3, 0.4) is 0 Å². The number of methoxy groups -OCH3 is 1. The molecule has 0 fully saturated rings. The molecule has 0 saturated heterocycles. The average Bonchev–Trinajstić information content (AvgIpc) is 2.18. The van der Waals surface area contributed by atoms with Gasteiger partial charge in [0.25, 0.3) is 0 Å². The first-order valence-electron chi connectivity index (χ1n) is 4.77. The first-order valence-corrected chi connectivity index (χ1v) is 4.77. The van der Waals surface area contributed by atoms with Crippen molar-refractivity contribution in [2.24, 2.45) is 0 Å². The fourth-order valence-corrected chi connectivity index (χ4v) is 1.58. The summed E-state index contributed by atoms with van der Waals surface area (Å²) in [7, 11) is 1.42. The number of benzene rings is 1. The van der Waals surface area contributed by atoms with Crippen molar-refractivity contribution >= 4 is 5.97 Å². The van der Waals surface area contributed by atoms with Gasteiger partial charge in [-0.15, -0.1) is 0 Å². The van der Waals surface area contributed by atoms with Gasteiger partial charge in [0, 0.05) is 0 Å². The van der Waals surface area contributed by atoms with Crippen LogP contribution in [-0.4, -0.2) is 13.1 Å². The van der Waals surface area contributed by atoms with Crippen LogP contribution < -0.4 is 0 Å². The highest BCUT2D eigenvalue weighted by Gasteiger charge is 2.12. The molecular weight excluding hydrogens is 176 g/mol. The molecule has 0 radical (unpaired) electrons. The highest BCUT2D eigenvalue weighted by Crippen LogP contribution is 2.22. The maximum absolute atomic E-state index is 11.1. The SMILES string of the molecule is COC(=O)CC(C)c1ccccc1C. The lowest BCUT2D eigenvalue weighted by Gasteiger charge is -2.12. The molecule has 1 rings (SSSR count). The molecule has 1 unspecified atom stereocenters. The zero-order chi connectivity index (χ0) is 10.6. The highest BCUT2D eigenvalue weighted by atomic mass is 16.5. The molecule has 0 amide bonds. The molecule has 0 aliphatic rings. The van der Waals surface area contributed by atoms with E-state index >= 15 is 0 Å². The topological polar surface area (TPSA) is 26.3 Å². The summed E-state index contributed by atoms with van der Waals surface area (Å²) >= 11 is 0. The Morgan fingerprint density at radius 2 is 2.07 bits per heavy atom. The number of hydrogen-bond donors (Lipinski definition) is 0. The molecule has 0 saturated carbocycles. The number of ether oxygens (including phenoxy) is 1. The Bertz CT molecular complexity index is 318. The predicted molar refractivity (Wildman–Crippen MR) is 56.2 cm³/mol. The largest absolute Gasteiger partial charge is 0.469 e. The van der Waals surface area contributed by atoms with Gasteiger partial charge in [-0.2, -0.15) is 0 Å². The summed E-state index contributed by atoms with van der Waals surface area (Å²) in [6.45, 7) is 4.10. The van der Waals surface area contributed by atoms with E-state index in [0.29, 0.717) is 6.42 Å². The molecule has 76 valence electrons. The van der Waals surface area contributed by atoms with Gasteiger partial charge in [-0.05, 0) is 24.0 Å². The third kappa shape index (κ3) is 2.59. The standard InChI is InChI=1S/C12H16O2/c1-9-6-4-5-7-11(9)10(2)8-12(13)14-3/h4-7,10H,8H2,1-3H3. The summed E-state index contributed by atoms with van der Waals surface area (Å²) in [4.78, 5) is 11.1. The van der Waals surface area contributed by atoms with E-state index in [1.165, 1.54) is 18.2 Å². The zero-order valence-electron chi connectivity index (χ0n) is 8.91. The van der Waals surface area contributed by atoms with Crippen molar-refractivity contribution in [2.45, 2.75) is 26.2 Å². The van der Waals surface area contributed by atoms with Crippen molar-refractivity contribution in [3.63, 3.8) is 0 Å². The van der Waals surface area contributed by atoms with Gasteiger partial charge in [0.2, 0.25) is 0 Å². The number of rotatable bonds is 3. The van der Waals surface area contributed by atoms with Crippen LogP contribution in [0.15, 0.2) is 24.3 Å².